The number of esters is 1. The molecule has 2 aliphatic rings. The second kappa shape index (κ2) is 11.2. The molecule has 42 heavy (non-hydrogen) atoms. The van der Waals surface area contributed by atoms with E-state index in [2.05, 4.69) is 20.0 Å². The maximum Gasteiger partial charge on any atom is 0.459 e. The first-order chi connectivity index (χ1) is 19.8. The maximum atomic E-state index is 16.6. The third-order valence-corrected chi connectivity index (χ3v) is 9.64. The van der Waals surface area contributed by atoms with Crippen molar-refractivity contribution in [3.63, 3.8) is 0 Å². The van der Waals surface area contributed by atoms with Gasteiger partial charge in [0.15, 0.2) is 23.9 Å². The van der Waals surface area contributed by atoms with E-state index in [0.717, 1.165) is 0 Å². The predicted molar refractivity (Wildman–Crippen MR) is 152 cm³/mol. The summed E-state index contributed by atoms with van der Waals surface area (Å²) in [6, 6.07) is 7.02. The van der Waals surface area contributed by atoms with Crippen molar-refractivity contribution in [1.29, 1.82) is 0 Å². The molecule has 5 rings (SSSR count). The molecule has 8 atom stereocenters. The number of nitrogens with zero attached hydrogens (tertiary/aromatic N) is 4. The van der Waals surface area contributed by atoms with Crippen LogP contribution in [0.4, 0.5) is 10.2 Å². The number of carbonyl (C=O) groups is 1. The molecule has 0 amide bonds. The smallest absolute Gasteiger partial charge is 0.459 e. The summed E-state index contributed by atoms with van der Waals surface area (Å²) in [6.45, 7) is 8.30. The van der Waals surface area contributed by atoms with Crippen molar-refractivity contribution in [2.45, 2.75) is 77.2 Å². The van der Waals surface area contributed by atoms with Crippen molar-refractivity contribution in [2.24, 2.45) is 17.1 Å². The van der Waals surface area contributed by atoms with Crippen molar-refractivity contribution in [1.82, 2.24) is 24.6 Å². The number of halogens is 1. The molecule has 3 aromatic rings. The van der Waals surface area contributed by atoms with Gasteiger partial charge in [0.1, 0.15) is 23.6 Å². The molecule has 0 spiro atoms. The lowest BCUT2D eigenvalue weighted by atomic mass is 9.88. The quantitative estimate of drug-likeness (QED) is 0.202. The van der Waals surface area contributed by atoms with Crippen LogP contribution >= 0.6 is 7.75 Å². The van der Waals surface area contributed by atoms with E-state index < -0.39 is 49.1 Å². The molecule has 1 aliphatic heterocycles. The Morgan fingerprint density at radius 3 is 2.60 bits per heavy atom. The van der Waals surface area contributed by atoms with Gasteiger partial charge < -0.3 is 25.5 Å². The van der Waals surface area contributed by atoms with Crippen LogP contribution in [0.25, 0.3) is 11.2 Å². The number of hydrogen-bond acceptors (Lipinski definition) is 11. The second-order valence-corrected chi connectivity index (χ2v) is 13.1. The summed E-state index contributed by atoms with van der Waals surface area (Å²) in [6.07, 6.45) is 0.00856. The molecule has 0 radical (unpaired) electrons. The summed E-state index contributed by atoms with van der Waals surface area (Å²) in [5.74, 6) is -0.725. The fourth-order valence-corrected chi connectivity index (χ4v) is 7.58. The molecule has 15 heteroatoms. The lowest BCUT2D eigenvalue weighted by molar-refractivity contribution is -0.149. The van der Waals surface area contributed by atoms with E-state index in [4.69, 9.17) is 30.0 Å². The first-order valence-corrected chi connectivity index (χ1v) is 15.3. The van der Waals surface area contributed by atoms with Crippen LogP contribution in [0.1, 0.15) is 47.3 Å². The molecule has 1 aromatic carbocycles. The number of anilines is 1. The summed E-state index contributed by atoms with van der Waals surface area (Å²) < 4.78 is 55.4. The zero-order valence-electron chi connectivity index (χ0n) is 24.1. The molecule has 1 saturated heterocycles. The molecule has 2 fully saturated rings. The Labute approximate surface area is 243 Å². The maximum absolute atomic E-state index is 16.6. The molecule has 1 saturated carbocycles. The number of hydrogen-bond donors (Lipinski definition) is 3. The van der Waals surface area contributed by atoms with Gasteiger partial charge in [-0.25, -0.2) is 23.9 Å². The highest BCUT2D eigenvalue weighted by Crippen LogP contribution is 2.76. The van der Waals surface area contributed by atoms with Crippen LogP contribution in [-0.4, -0.2) is 62.1 Å². The topological polar surface area (TPSA) is 179 Å². The second-order valence-electron chi connectivity index (χ2n) is 11.4. The van der Waals surface area contributed by atoms with Crippen molar-refractivity contribution in [3.8, 4) is 5.75 Å². The summed E-state index contributed by atoms with van der Waals surface area (Å²) in [5, 5.41) is 2.67. The highest BCUT2D eigenvalue weighted by Gasteiger charge is 2.84. The predicted octanol–water partition coefficient (Wildman–Crippen LogP) is 3.52. The zero-order chi connectivity index (χ0) is 30.4. The van der Waals surface area contributed by atoms with Gasteiger partial charge in [-0.3, -0.25) is 13.9 Å². The number of nitrogens with two attached hydrogens (primary N) is 2. The molecule has 3 heterocycles. The number of benzene rings is 1. The molecular formula is C27H37FN7O6P. The number of aromatic nitrogens is 4. The van der Waals surface area contributed by atoms with Gasteiger partial charge in [0.05, 0.1) is 24.6 Å². The number of imidazole rings is 1. The summed E-state index contributed by atoms with van der Waals surface area (Å²) in [7, 11) is -4.17. The van der Waals surface area contributed by atoms with Gasteiger partial charge in [0.2, 0.25) is 0 Å². The SMILES string of the molecule is CC(N)CC12C(F)[C@H](n3cnc4c(N)ncnc43)OC1(C)[C@@H]2COP(=O)(N[C@@H](C)C(=O)OC(C)C)Oc1ccccc1. The van der Waals surface area contributed by atoms with Gasteiger partial charge in [0.25, 0.3) is 0 Å². The van der Waals surface area contributed by atoms with Gasteiger partial charge >= 0.3 is 13.7 Å². The van der Waals surface area contributed by atoms with Gasteiger partial charge in [0, 0.05) is 17.4 Å². The van der Waals surface area contributed by atoms with Crippen LogP contribution in [0.2, 0.25) is 0 Å². The minimum atomic E-state index is -4.17. The first-order valence-electron chi connectivity index (χ1n) is 13.8. The Balaban J connectivity index is 1.39. The largest absolute Gasteiger partial charge is 0.462 e. The Morgan fingerprint density at radius 1 is 1.21 bits per heavy atom. The van der Waals surface area contributed by atoms with E-state index in [0.29, 0.717) is 11.2 Å². The number of ether oxygens (including phenoxy) is 2. The lowest BCUT2D eigenvalue weighted by Gasteiger charge is -2.27. The van der Waals surface area contributed by atoms with Gasteiger partial charge in [-0.1, -0.05) is 18.2 Å². The molecule has 5 unspecified atom stereocenters. The van der Waals surface area contributed by atoms with Crippen LogP contribution < -0.4 is 21.1 Å². The Hall–Kier alpha value is -3.16. The van der Waals surface area contributed by atoms with Gasteiger partial charge in [-0.2, -0.15) is 5.09 Å². The fraction of sp³-hybridized carbons (Fsp3) is 0.556. The summed E-state index contributed by atoms with van der Waals surface area (Å²) in [4.78, 5) is 24.9. The average Bonchev–Trinajstić information content (AvgIpc) is 3.16. The average molecular weight is 606 g/mol. The number of para-hydroxylation sites is 1. The number of nitrogen functional groups attached to an aromatic ring is 1. The minimum Gasteiger partial charge on any atom is -0.462 e. The number of nitrogens with one attached hydrogen (secondary N) is 1. The normalized spacial score (nSPS) is 29.6. The van der Waals surface area contributed by atoms with E-state index in [1.165, 1.54) is 24.1 Å². The molecule has 13 nitrogen and oxygen atoms in total. The number of carbonyl (C=O) groups excluding carboxylic acids is 1. The van der Waals surface area contributed by atoms with Crippen LogP contribution in [-0.2, 0) is 23.4 Å². The zero-order valence-corrected chi connectivity index (χ0v) is 25.0. The Bertz CT molecular complexity index is 1490. The van der Waals surface area contributed by atoms with Crippen molar-refractivity contribution in [2.75, 3.05) is 12.3 Å². The number of fused-ring (bicyclic) bond motifs is 2. The van der Waals surface area contributed by atoms with E-state index in [9.17, 15) is 9.36 Å². The van der Waals surface area contributed by atoms with E-state index in [-0.39, 0.29) is 36.7 Å². The molecule has 5 N–H and O–H groups in total. The fourth-order valence-electron chi connectivity index (χ4n) is 6.07. The number of rotatable bonds is 12. The summed E-state index contributed by atoms with van der Waals surface area (Å²) >= 11 is 0. The van der Waals surface area contributed by atoms with Crippen LogP contribution in [0.15, 0.2) is 43.0 Å². The monoisotopic (exact) mass is 605 g/mol. The number of alkyl halides is 1. The highest BCUT2D eigenvalue weighted by atomic mass is 31.2. The van der Waals surface area contributed by atoms with Crippen molar-refractivity contribution >= 4 is 30.7 Å². The molecule has 0 bridgehead atoms. The van der Waals surface area contributed by atoms with Gasteiger partial charge in [-0.15, -0.1) is 0 Å². The van der Waals surface area contributed by atoms with Crippen molar-refractivity contribution in [3.05, 3.63) is 43.0 Å². The highest BCUT2D eigenvalue weighted by molar-refractivity contribution is 7.52. The van der Waals surface area contributed by atoms with E-state index >= 15 is 4.39 Å². The molecule has 2 aromatic heterocycles. The summed E-state index contributed by atoms with van der Waals surface area (Å²) in [5.41, 5.74) is 10.7. The third kappa shape index (κ3) is 5.26. The lowest BCUT2D eigenvalue weighted by Crippen LogP contribution is -2.37. The van der Waals surface area contributed by atoms with Crippen molar-refractivity contribution < 1.29 is 32.3 Å². The molecule has 1 aliphatic carbocycles. The molecular weight excluding hydrogens is 568 g/mol. The van der Waals surface area contributed by atoms with E-state index in [1.54, 1.807) is 58.0 Å². The third-order valence-electron chi connectivity index (χ3n) is 7.99. The first kappa shape index (κ1) is 30.3. The standard InChI is InChI=1S/C27H37FN7O6P/c1-15(2)39-25(36)17(4)34-42(37,41-18-9-7-6-8-10-18)38-12-19-26(5)27(19,11-16(3)29)21(28)24(40-26)35-14-33-20-22(30)31-13-32-23(20)35/h6-10,13-17,19,21,24H,11-12,29H2,1-5H3,(H,34,37)(H2,30,31,32)/t16?,17-,19-,21?,24+,26?,27?,42?/m0/s1. The minimum absolute atomic E-state index is 0.174. The van der Waals surface area contributed by atoms with Gasteiger partial charge in [-0.05, 0) is 53.2 Å². The van der Waals surface area contributed by atoms with Crippen LogP contribution in [0.3, 0.4) is 0 Å². The van der Waals surface area contributed by atoms with E-state index in [1.807, 2.05) is 0 Å². The van der Waals surface area contributed by atoms with Crippen LogP contribution in [0.5, 0.6) is 5.75 Å². The Kier molecular flexibility index (Phi) is 8.05. The Morgan fingerprint density at radius 2 is 1.93 bits per heavy atom. The van der Waals surface area contributed by atoms with Crippen LogP contribution in [0, 0.1) is 11.3 Å². The molecule has 228 valence electrons.